The van der Waals surface area contributed by atoms with E-state index in [1.165, 1.54) is 0 Å². The lowest BCUT2D eigenvalue weighted by atomic mass is 10.2. The lowest BCUT2D eigenvalue weighted by Crippen LogP contribution is -1.93. The van der Waals surface area contributed by atoms with Gasteiger partial charge in [0.15, 0.2) is 0 Å². The smallest absolute Gasteiger partial charge is 0.0607 e. The Balaban J connectivity index is 3.01. The third-order valence-corrected chi connectivity index (χ3v) is 1.48. The second kappa shape index (κ2) is 3.19. The molecule has 0 amide bonds. The van der Waals surface area contributed by atoms with Crippen molar-refractivity contribution in [3.8, 4) is 0 Å². The summed E-state index contributed by atoms with van der Waals surface area (Å²) < 4.78 is 0. The van der Waals surface area contributed by atoms with Gasteiger partial charge in [-0.25, -0.2) is 0 Å². The van der Waals surface area contributed by atoms with E-state index in [0.29, 0.717) is 0 Å². The Kier molecular flexibility index (Phi) is 2.26. The summed E-state index contributed by atoms with van der Waals surface area (Å²) in [5, 5.41) is 3.02. The van der Waals surface area contributed by atoms with Gasteiger partial charge in [0.2, 0.25) is 0 Å². The van der Waals surface area contributed by atoms with Crippen molar-refractivity contribution in [2.24, 2.45) is 0 Å². The molecule has 1 aromatic rings. The van der Waals surface area contributed by atoms with Crippen LogP contribution in [0.1, 0.15) is 11.3 Å². The maximum absolute atomic E-state index is 4.19. The van der Waals surface area contributed by atoms with Crippen LogP contribution in [0.5, 0.6) is 0 Å². The van der Waals surface area contributed by atoms with Crippen LogP contribution >= 0.6 is 0 Å². The second-order valence-corrected chi connectivity index (χ2v) is 2.49. The lowest BCUT2D eigenvalue weighted by molar-refractivity contribution is 1.17. The number of hydrogen-bond acceptors (Lipinski definition) is 2. The van der Waals surface area contributed by atoms with Crippen LogP contribution in [0.3, 0.4) is 0 Å². The first-order valence-electron chi connectivity index (χ1n) is 3.54. The van der Waals surface area contributed by atoms with Crippen molar-refractivity contribution >= 4 is 5.69 Å². The van der Waals surface area contributed by atoms with Crippen molar-refractivity contribution in [3.05, 3.63) is 36.3 Å². The molecule has 58 valence electrons. The van der Waals surface area contributed by atoms with Crippen molar-refractivity contribution in [1.82, 2.24) is 4.98 Å². The zero-order valence-electron chi connectivity index (χ0n) is 6.89. The van der Waals surface area contributed by atoms with Gasteiger partial charge >= 0.3 is 0 Å². The molecule has 0 fully saturated rings. The first kappa shape index (κ1) is 7.79. The largest absolute Gasteiger partial charge is 0.361 e. The molecule has 2 heteroatoms. The zero-order valence-corrected chi connectivity index (χ0v) is 6.89. The summed E-state index contributed by atoms with van der Waals surface area (Å²) in [4.78, 5) is 4.19. The van der Waals surface area contributed by atoms with Crippen LogP contribution in [0.4, 0.5) is 5.69 Å². The monoisotopic (exact) mass is 148 g/mol. The first-order chi connectivity index (χ1) is 5.24. The number of pyridine rings is 1. The Morgan fingerprint density at radius 1 is 1.55 bits per heavy atom. The molecule has 0 unspecified atom stereocenters. The summed E-state index contributed by atoms with van der Waals surface area (Å²) in [6, 6.07) is 2.05. The molecule has 0 aliphatic carbocycles. The molecule has 0 aromatic carbocycles. The van der Waals surface area contributed by atoms with E-state index >= 15 is 0 Å². The standard InChI is InChI=1S/C9H12N2/c1-4-10-9-5-7(2)6-11-8(9)3/h4-6,10H,1H2,2-3H3. The average molecular weight is 148 g/mol. The lowest BCUT2D eigenvalue weighted by Gasteiger charge is -2.04. The molecule has 0 atom stereocenters. The van der Waals surface area contributed by atoms with Gasteiger partial charge in [-0.3, -0.25) is 4.98 Å². The van der Waals surface area contributed by atoms with E-state index in [-0.39, 0.29) is 0 Å². The Hall–Kier alpha value is -1.31. The van der Waals surface area contributed by atoms with Gasteiger partial charge in [0.1, 0.15) is 0 Å². The Labute approximate surface area is 67.0 Å². The molecule has 1 aromatic heterocycles. The van der Waals surface area contributed by atoms with Crippen LogP contribution in [-0.4, -0.2) is 4.98 Å². The van der Waals surface area contributed by atoms with Crippen molar-refractivity contribution in [3.63, 3.8) is 0 Å². The summed E-state index contributed by atoms with van der Waals surface area (Å²) in [6.07, 6.45) is 3.51. The van der Waals surface area contributed by atoms with Gasteiger partial charge < -0.3 is 5.32 Å². The van der Waals surface area contributed by atoms with E-state index in [2.05, 4.69) is 16.9 Å². The Bertz CT molecular complexity index is 266. The molecule has 0 saturated carbocycles. The summed E-state index contributed by atoms with van der Waals surface area (Å²) in [7, 11) is 0. The molecule has 1 N–H and O–H groups in total. The van der Waals surface area contributed by atoms with Crippen LogP contribution in [0, 0.1) is 13.8 Å². The summed E-state index contributed by atoms with van der Waals surface area (Å²) in [5.74, 6) is 0. The third-order valence-electron chi connectivity index (χ3n) is 1.48. The van der Waals surface area contributed by atoms with Gasteiger partial charge in [0.25, 0.3) is 0 Å². The number of hydrogen-bond donors (Lipinski definition) is 1. The van der Waals surface area contributed by atoms with E-state index in [0.717, 1.165) is 16.9 Å². The molecule has 0 aliphatic heterocycles. The molecular formula is C9H12N2. The highest BCUT2D eigenvalue weighted by Gasteiger charge is 1.95. The molecule has 0 radical (unpaired) electrons. The predicted octanol–water partition coefficient (Wildman–Crippen LogP) is 2.25. The number of nitrogens with one attached hydrogen (secondary N) is 1. The highest BCUT2D eigenvalue weighted by molar-refractivity contribution is 5.50. The van der Waals surface area contributed by atoms with Crippen molar-refractivity contribution < 1.29 is 0 Å². The van der Waals surface area contributed by atoms with E-state index in [4.69, 9.17) is 0 Å². The number of nitrogens with zero attached hydrogens (tertiary/aromatic N) is 1. The third kappa shape index (κ3) is 1.80. The minimum Gasteiger partial charge on any atom is -0.361 e. The molecule has 11 heavy (non-hydrogen) atoms. The van der Waals surface area contributed by atoms with Gasteiger partial charge in [-0.05, 0) is 31.7 Å². The van der Waals surface area contributed by atoms with E-state index < -0.39 is 0 Å². The van der Waals surface area contributed by atoms with Gasteiger partial charge in [-0.2, -0.15) is 0 Å². The Morgan fingerprint density at radius 2 is 2.27 bits per heavy atom. The minimum absolute atomic E-state index is 0.996. The summed E-state index contributed by atoms with van der Waals surface area (Å²) in [5.41, 5.74) is 3.18. The quantitative estimate of drug-likeness (QED) is 0.695. The Morgan fingerprint density at radius 3 is 2.91 bits per heavy atom. The van der Waals surface area contributed by atoms with Crippen LogP contribution in [-0.2, 0) is 0 Å². The predicted molar refractivity (Wildman–Crippen MR) is 47.5 cm³/mol. The average Bonchev–Trinajstić information content (AvgIpc) is 1.98. The maximum Gasteiger partial charge on any atom is 0.0607 e. The number of aromatic nitrogens is 1. The van der Waals surface area contributed by atoms with Crippen molar-refractivity contribution in [2.75, 3.05) is 5.32 Å². The normalized spacial score (nSPS) is 9.27. The van der Waals surface area contributed by atoms with Crippen LogP contribution < -0.4 is 5.32 Å². The van der Waals surface area contributed by atoms with Crippen LogP contribution in [0.15, 0.2) is 25.0 Å². The number of anilines is 1. The SMILES string of the molecule is C=CNc1cc(C)cnc1C. The summed E-state index contributed by atoms with van der Waals surface area (Å²) in [6.45, 7) is 7.57. The topological polar surface area (TPSA) is 24.9 Å². The first-order valence-corrected chi connectivity index (χ1v) is 3.54. The zero-order chi connectivity index (χ0) is 8.27. The maximum atomic E-state index is 4.19. The number of aryl methyl sites for hydroxylation is 2. The second-order valence-electron chi connectivity index (χ2n) is 2.49. The van der Waals surface area contributed by atoms with Gasteiger partial charge in [0.05, 0.1) is 11.4 Å². The molecule has 1 heterocycles. The number of rotatable bonds is 2. The highest BCUT2D eigenvalue weighted by Crippen LogP contribution is 2.12. The fraction of sp³-hybridized carbons (Fsp3) is 0.222. The van der Waals surface area contributed by atoms with E-state index in [9.17, 15) is 0 Å². The molecular weight excluding hydrogens is 136 g/mol. The van der Waals surface area contributed by atoms with Gasteiger partial charge in [-0.15, -0.1) is 0 Å². The molecule has 1 rings (SSSR count). The van der Waals surface area contributed by atoms with Crippen molar-refractivity contribution in [1.29, 1.82) is 0 Å². The van der Waals surface area contributed by atoms with Crippen LogP contribution in [0.2, 0.25) is 0 Å². The molecule has 0 saturated heterocycles. The fourth-order valence-corrected chi connectivity index (χ4v) is 0.894. The van der Waals surface area contributed by atoms with Crippen molar-refractivity contribution in [2.45, 2.75) is 13.8 Å². The van der Waals surface area contributed by atoms with E-state index in [1.807, 2.05) is 26.1 Å². The highest BCUT2D eigenvalue weighted by atomic mass is 14.9. The minimum atomic E-state index is 0.996. The molecule has 0 spiro atoms. The summed E-state index contributed by atoms with van der Waals surface area (Å²) >= 11 is 0. The van der Waals surface area contributed by atoms with Gasteiger partial charge in [0, 0.05) is 6.20 Å². The van der Waals surface area contributed by atoms with Gasteiger partial charge in [-0.1, -0.05) is 6.58 Å². The molecule has 0 aliphatic rings. The molecule has 0 bridgehead atoms. The fourth-order valence-electron chi connectivity index (χ4n) is 0.894. The van der Waals surface area contributed by atoms with Crippen LogP contribution in [0.25, 0.3) is 0 Å². The van der Waals surface area contributed by atoms with E-state index in [1.54, 1.807) is 6.20 Å². The molecule has 2 nitrogen and oxygen atoms in total.